The van der Waals surface area contributed by atoms with Crippen LogP contribution in [0.5, 0.6) is 0 Å². The van der Waals surface area contributed by atoms with Gasteiger partial charge in [0.25, 0.3) is 21.6 Å². The highest BCUT2D eigenvalue weighted by atomic mass is 32.2. The maximum absolute atomic E-state index is 12.8. The van der Waals surface area contributed by atoms with Gasteiger partial charge in [-0.15, -0.1) is 0 Å². The summed E-state index contributed by atoms with van der Waals surface area (Å²) in [7, 11) is -4.37. The van der Waals surface area contributed by atoms with E-state index in [1.165, 1.54) is 69.9 Å². The number of nitro groups is 1. The number of rotatable bonds is 22. The third kappa shape index (κ3) is 13.4. The van der Waals surface area contributed by atoms with Gasteiger partial charge in [-0.25, -0.2) is 13.2 Å². The lowest BCUT2D eigenvalue weighted by atomic mass is 10.1. The van der Waals surface area contributed by atoms with Gasteiger partial charge in [0, 0.05) is 24.2 Å². The summed E-state index contributed by atoms with van der Waals surface area (Å²) in [5.41, 5.74) is -1.02. The van der Waals surface area contributed by atoms with Crippen molar-refractivity contribution in [2.45, 2.75) is 102 Å². The first-order valence-electron chi connectivity index (χ1n) is 15.2. The van der Waals surface area contributed by atoms with Crippen molar-refractivity contribution in [1.82, 2.24) is 5.32 Å². The SMILES string of the molecule is CCCCCCCC/C=C\CCCCCCCCNC(=O)c1ccc(C(=O)O)c(NS(=O)(=O)c2cccc([N+](=O)[O-])c2)c1. The van der Waals surface area contributed by atoms with Gasteiger partial charge in [0.15, 0.2) is 0 Å². The van der Waals surface area contributed by atoms with E-state index in [0.717, 1.165) is 62.4 Å². The second-order valence-electron chi connectivity index (χ2n) is 10.6. The van der Waals surface area contributed by atoms with Gasteiger partial charge >= 0.3 is 5.97 Å². The summed E-state index contributed by atoms with van der Waals surface area (Å²) in [4.78, 5) is 34.3. The van der Waals surface area contributed by atoms with Gasteiger partial charge in [-0.3, -0.25) is 19.6 Å². The van der Waals surface area contributed by atoms with Crippen LogP contribution >= 0.6 is 0 Å². The number of sulfonamides is 1. The number of unbranched alkanes of at least 4 members (excludes halogenated alkanes) is 12. The van der Waals surface area contributed by atoms with E-state index in [0.29, 0.717) is 6.54 Å². The van der Waals surface area contributed by atoms with Crippen molar-refractivity contribution in [3.63, 3.8) is 0 Å². The largest absolute Gasteiger partial charge is 0.478 e. The van der Waals surface area contributed by atoms with Gasteiger partial charge in [-0.1, -0.05) is 82.9 Å². The van der Waals surface area contributed by atoms with Crippen molar-refractivity contribution in [3.8, 4) is 0 Å². The van der Waals surface area contributed by atoms with Crippen LogP contribution in [0, 0.1) is 10.1 Å². The van der Waals surface area contributed by atoms with Gasteiger partial charge < -0.3 is 10.4 Å². The average Bonchev–Trinajstić information content (AvgIpc) is 2.98. The van der Waals surface area contributed by atoms with Crippen LogP contribution in [0.25, 0.3) is 0 Å². The number of nitrogens with one attached hydrogen (secondary N) is 2. The van der Waals surface area contributed by atoms with Crippen LogP contribution in [0.2, 0.25) is 0 Å². The Morgan fingerprint density at radius 1 is 0.860 bits per heavy atom. The Morgan fingerprint density at radius 3 is 2.07 bits per heavy atom. The Kier molecular flexibility index (Phi) is 16.0. The average molecular weight is 616 g/mol. The molecule has 0 radical (unpaired) electrons. The molecule has 43 heavy (non-hydrogen) atoms. The van der Waals surface area contributed by atoms with Crippen LogP contribution in [0.15, 0.2) is 59.5 Å². The summed E-state index contributed by atoms with van der Waals surface area (Å²) in [6, 6.07) is 7.98. The second kappa shape index (κ2) is 19.5. The number of non-ortho nitro benzene ring substituents is 1. The van der Waals surface area contributed by atoms with E-state index in [9.17, 15) is 33.2 Å². The molecule has 0 fully saturated rings. The number of carbonyl (C=O) groups excluding carboxylic acids is 1. The van der Waals surface area contributed by atoms with E-state index in [2.05, 4.69) is 29.1 Å². The molecule has 11 heteroatoms. The normalized spacial score (nSPS) is 11.5. The summed E-state index contributed by atoms with van der Waals surface area (Å²) in [6.07, 6.45) is 21.2. The number of nitrogens with zero attached hydrogens (tertiary/aromatic N) is 1. The van der Waals surface area contributed by atoms with E-state index in [-0.39, 0.29) is 16.8 Å². The second-order valence-corrected chi connectivity index (χ2v) is 12.3. The number of benzene rings is 2. The molecular weight excluding hydrogens is 570 g/mol. The minimum absolute atomic E-state index is 0.0892. The first-order valence-corrected chi connectivity index (χ1v) is 16.7. The number of hydrogen-bond acceptors (Lipinski definition) is 6. The Balaban J connectivity index is 1.73. The van der Waals surface area contributed by atoms with Gasteiger partial charge in [0.1, 0.15) is 0 Å². The standard InChI is InChI=1S/C32H45N3O7S/c1-2-3-4-5-6-7-8-9-10-11-12-13-14-15-16-17-23-33-31(36)26-21-22-29(32(37)38)30(24-26)34-43(41,42)28-20-18-19-27(25-28)35(39)40/h9-10,18-22,24-25,34H,2-8,11-17,23H2,1H3,(H,33,36)(H,37,38)/b10-9-. The fourth-order valence-corrected chi connectivity index (χ4v) is 5.71. The molecule has 2 aromatic rings. The van der Waals surface area contributed by atoms with Gasteiger partial charge in [-0.05, 0) is 56.4 Å². The van der Waals surface area contributed by atoms with Crippen LogP contribution in [-0.2, 0) is 10.0 Å². The molecule has 0 atom stereocenters. The molecule has 0 aliphatic rings. The number of carbonyl (C=O) groups is 2. The fraction of sp³-hybridized carbons (Fsp3) is 0.500. The number of nitro benzene ring substituents is 1. The van der Waals surface area contributed by atoms with Crippen molar-refractivity contribution >= 4 is 33.3 Å². The molecule has 2 aromatic carbocycles. The molecule has 0 saturated heterocycles. The number of anilines is 1. The van der Waals surface area contributed by atoms with Crippen molar-refractivity contribution in [2.75, 3.05) is 11.3 Å². The van der Waals surface area contributed by atoms with Crippen molar-refractivity contribution < 1.29 is 28.0 Å². The zero-order valence-electron chi connectivity index (χ0n) is 25.1. The number of carboxylic acids is 1. The number of amides is 1. The van der Waals surface area contributed by atoms with Gasteiger partial charge in [0.2, 0.25) is 0 Å². The lowest BCUT2D eigenvalue weighted by Gasteiger charge is -2.13. The lowest BCUT2D eigenvalue weighted by molar-refractivity contribution is -0.385. The smallest absolute Gasteiger partial charge is 0.337 e. The third-order valence-electron chi connectivity index (χ3n) is 7.07. The summed E-state index contributed by atoms with van der Waals surface area (Å²) in [6.45, 7) is 2.68. The highest BCUT2D eigenvalue weighted by molar-refractivity contribution is 7.92. The van der Waals surface area contributed by atoms with E-state index in [1.807, 2.05) is 0 Å². The van der Waals surface area contributed by atoms with E-state index in [1.54, 1.807) is 0 Å². The van der Waals surface area contributed by atoms with E-state index in [4.69, 9.17) is 0 Å². The maximum atomic E-state index is 12.8. The molecule has 0 spiro atoms. The Labute approximate surface area is 255 Å². The van der Waals surface area contributed by atoms with E-state index < -0.39 is 37.4 Å². The molecule has 2 rings (SSSR count). The van der Waals surface area contributed by atoms with Crippen molar-refractivity contribution in [2.24, 2.45) is 0 Å². The molecule has 0 aromatic heterocycles. The Bertz CT molecular complexity index is 1330. The monoisotopic (exact) mass is 615 g/mol. The summed E-state index contributed by atoms with van der Waals surface area (Å²) < 4.78 is 27.9. The molecule has 0 heterocycles. The zero-order chi connectivity index (χ0) is 31.5. The number of aromatic carboxylic acids is 1. The van der Waals surface area contributed by atoms with E-state index >= 15 is 0 Å². The van der Waals surface area contributed by atoms with Gasteiger partial charge in [-0.2, -0.15) is 0 Å². The predicted molar refractivity (Wildman–Crippen MR) is 169 cm³/mol. The molecule has 0 bridgehead atoms. The van der Waals surface area contributed by atoms with Crippen molar-refractivity contribution in [3.05, 3.63) is 75.9 Å². The fourth-order valence-electron chi connectivity index (χ4n) is 4.60. The number of carboxylic acid groups (broad SMARTS) is 1. The molecule has 3 N–H and O–H groups in total. The first-order chi connectivity index (χ1) is 20.7. The van der Waals surface area contributed by atoms with Gasteiger partial charge in [0.05, 0.1) is 21.1 Å². The van der Waals surface area contributed by atoms with Crippen molar-refractivity contribution in [1.29, 1.82) is 0 Å². The Hall–Kier alpha value is -3.73. The minimum atomic E-state index is -4.37. The van der Waals surface area contributed by atoms with Crippen LogP contribution in [0.3, 0.4) is 0 Å². The van der Waals surface area contributed by atoms with Crippen LogP contribution in [0.1, 0.15) is 118 Å². The highest BCUT2D eigenvalue weighted by Crippen LogP contribution is 2.24. The predicted octanol–water partition coefficient (Wildman–Crippen LogP) is 7.86. The molecular formula is C32H45N3O7S. The lowest BCUT2D eigenvalue weighted by Crippen LogP contribution is -2.25. The first kappa shape index (κ1) is 35.5. The van der Waals surface area contributed by atoms with Crippen LogP contribution in [-0.4, -0.2) is 36.9 Å². The molecule has 10 nitrogen and oxygen atoms in total. The number of allylic oxidation sites excluding steroid dienone is 2. The minimum Gasteiger partial charge on any atom is -0.478 e. The maximum Gasteiger partial charge on any atom is 0.337 e. The molecule has 0 saturated carbocycles. The zero-order valence-corrected chi connectivity index (χ0v) is 25.9. The molecule has 1 amide bonds. The van der Waals surface area contributed by atoms with Crippen LogP contribution in [0.4, 0.5) is 11.4 Å². The summed E-state index contributed by atoms with van der Waals surface area (Å²) in [5.74, 6) is -1.85. The molecule has 0 aliphatic heterocycles. The highest BCUT2D eigenvalue weighted by Gasteiger charge is 2.22. The molecule has 0 unspecified atom stereocenters. The molecule has 236 valence electrons. The Morgan fingerprint density at radius 2 is 1.47 bits per heavy atom. The molecule has 0 aliphatic carbocycles. The quantitative estimate of drug-likeness (QED) is 0.0527. The summed E-state index contributed by atoms with van der Waals surface area (Å²) >= 11 is 0. The van der Waals surface area contributed by atoms with Crippen LogP contribution < -0.4 is 10.0 Å². The topological polar surface area (TPSA) is 156 Å². The third-order valence-corrected chi connectivity index (χ3v) is 8.43. The number of hydrogen-bond donors (Lipinski definition) is 3. The summed E-state index contributed by atoms with van der Waals surface area (Å²) in [5, 5.41) is 23.3.